The summed E-state index contributed by atoms with van der Waals surface area (Å²) in [4.78, 5) is 0. The number of hydrogen-bond donors (Lipinski definition) is 0. The summed E-state index contributed by atoms with van der Waals surface area (Å²) in [5, 5.41) is 0. The molecule has 0 aliphatic heterocycles. The fraction of sp³-hybridized carbons (Fsp3) is 0.667. The SMILES string of the molecule is CC1C=C([TeH])CC1. The van der Waals surface area contributed by atoms with Gasteiger partial charge in [0.1, 0.15) is 0 Å². The summed E-state index contributed by atoms with van der Waals surface area (Å²) >= 11 is 1.88. The molecule has 0 aromatic rings. The van der Waals surface area contributed by atoms with Gasteiger partial charge in [-0.1, -0.05) is 0 Å². The molecule has 0 radical (unpaired) electrons. The van der Waals surface area contributed by atoms with Crippen LogP contribution in [0.5, 0.6) is 0 Å². The van der Waals surface area contributed by atoms with Crippen LogP contribution in [0.4, 0.5) is 0 Å². The predicted octanol–water partition coefficient (Wildman–Crippen LogP) is 1.20. The minimum absolute atomic E-state index is 0.874. The first-order valence-corrected chi connectivity index (χ1v) is 3.96. The molecule has 0 fully saturated rings. The molecule has 1 atom stereocenters. The predicted molar refractivity (Wildman–Crippen MR) is 33.6 cm³/mol. The molecule has 0 aromatic heterocycles. The van der Waals surface area contributed by atoms with Crippen LogP contribution in [0.25, 0.3) is 0 Å². The van der Waals surface area contributed by atoms with Crippen LogP contribution in [0.1, 0.15) is 19.8 Å². The van der Waals surface area contributed by atoms with Crippen molar-refractivity contribution in [2.75, 3.05) is 0 Å². The summed E-state index contributed by atoms with van der Waals surface area (Å²) in [7, 11) is 0. The summed E-state index contributed by atoms with van der Waals surface area (Å²) in [5.41, 5.74) is 0. The van der Waals surface area contributed by atoms with Crippen molar-refractivity contribution in [2.24, 2.45) is 5.92 Å². The van der Waals surface area contributed by atoms with Gasteiger partial charge in [-0.3, -0.25) is 0 Å². The average Bonchev–Trinajstić information content (AvgIpc) is 1.87. The molecule has 0 N–H and O–H groups in total. The van der Waals surface area contributed by atoms with E-state index in [-0.39, 0.29) is 0 Å². The Balaban J connectivity index is 2.50. The summed E-state index contributed by atoms with van der Waals surface area (Å²) < 4.78 is 1.63. The fourth-order valence-corrected chi connectivity index (χ4v) is 1.97. The molecule has 7 heavy (non-hydrogen) atoms. The Bertz CT molecular complexity index is 94.4. The molecule has 0 amide bonds. The summed E-state index contributed by atoms with van der Waals surface area (Å²) in [6.07, 6.45) is 5.13. The molecule has 1 unspecified atom stereocenters. The molecule has 1 heteroatoms. The molecular weight excluding hydrogens is 200 g/mol. The molecule has 0 bridgehead atoms. The van der Waals surface area contributed by atoms with Crippen molar-refractivity contribution in [3.63, 3.8) is 0 Å². The monoisotopic (exact) mass is 212 g/mol. The van der Waals surface area contributed by atoms with Crippen LogP contribution in [-0.2, 0) is 0 Å². The minimum atomic E-state index is 0.874. The van der Waals surface area contributed by atoms with Crippen molar-refractivity contribution in [2.45, 2.75) is 19.8 Å². The molecule has 0 aromatic carbocycles. The van der Waals surface area contributed by atoms with E-state index in [0.717, 1.165) is 5.92 Å². The number of rotatable bonds is 0. The normalized spacial score (nSPS) is 30.6. The zero-order chi connectivity index (χ0) is 5.28. The Morgan fingerprint density at radius 1 is 1.86 bits per heavy atom. The second-order valence-electron chi connectivity index (χ2n) is 2.17. The van der Waals surface area contributed by atoms with Gasteiger partial charge in [0, 0.05) is 0 Å². The Morgan fingerprint density at radius 2 is 2.57 bits per heavy atom. The summed E-state index contributed by atoms with van der Waals surface area (Å²) in [6, 6.07) is 0. The average molecular weight is 210 g/mol. The molecule has 0 spiro atoms. The zero-order valence-corrected chi connectivity index (χ0v) is 7.07. The molecule has 1 aliphatic carbocycles. The Kier molecular flexibility index (Phi) is 1.78. The molecule has 0 heterocycles. The van der Waals surface area contributed by atoms with Crippen LogP contribution < -0.4 is 0 Å². The number of hydrogen-bond acceptors (Lipinski definition) is 0. The van der Waals surface area contributed by atoms with Gasteiger partial charge in [0.25, 0.3) is 0 Å². The summed E-state index contributed by atoms with van der Waals surface area (Å²) in [5.74, 6) is 0.874. The van der Waals surface area contributed by atoms with Gasteiger partial charge in [-0.2, -0.15) is 0 Å². The first-order valence-electron chi connectivity index (χ1n) is 2.68. The van der Waals surface area contributed by atoms with E-state index in [1.807, 2.05) is 22.3 Å². The third-order valence-electron chi connectivity index (χ3n) is 1.33. The quantitative estimate of drug-likeness (QED) is 0.526. The molecular formula is C6H10Te. The molecule has 1 rings (SSSR count). The first-order chi connectivity index (χ1) is 3.29. The molecule has 0 saturated heterocycles. The maximum atomic E-state index is 2.38. The van der Waals surface area contributed by atoms with E-state index in [2.05, 4.69) is 13.0 Å². The van der Waals surface area contributed by atoms with Gasteiger partial charge < -0.3 is 0 Å². The van der Waals surface area contributed by atoms with Gasteiger partial charge >= 0.3 is 57.7 Å². The molecule has 1 aliphatic rings. The van der Waals surface area contributed by atoms with E-state index in [9.17, 15) is 0 Å². The first kappa shape index (κ1) is 5.66. The van der Waals surface area contributed by atoms with Crippen LogP contribution >= 0.6 is 0 Å². The van der Waals surface area contributed by atoms with Crippen molar-refractivity contribution >= 4 is 22.3 Å². The fourth-order valence-electron chi connectivity index (χ4n) is 0.871. The van der Waals surface area contributed by atoms with Crippen molar-refractivity contribution in [3.05, 3.63) is 9.70 Å². The van der Waals surface area contributed by atoms with E-state index in [4.69, 9.17) is 0 Å². The van der Waals surface area contributed by atoms with Crippen molar-refractivity contribution in [1.82, 2.24) is 0 Å². The third-order valence-corrected chi connectivity index (χ3v) is 2.40. The van der Waals surface area contributed by atoms with E-state index < -0.39 is 0 Å². The van der Waals surface area contributed by atoms with E-state index >= 15 is 0 Å². The standard InChI is InChI=1S/C6H10Te/c1-5-2-3-6(7)4-5/h4-5,7H,2-3H2,1H3. The zero-order valence-electron chi connectivity index (χ0n) is 4.52. The molecule has 0 saturated carbocycles. The topological polar surface area (TPSA) is 0 Å². The Hall–Kier alpha value is 0.530. The van der Waals surface area contributed by atoms with Crippen LogP contribution in [0, 0.1) is 5.92 Å². The van der Waals surface area contributed by atoms with Crippen LogP contribution in [-0.4, -0.2) is 22.3 Å². The van der Waals surface area contributed by atoms with Crippen molar-refractivity contribution in [1.29, 1.82) is 0 Å². The Labute approximate surface area is 57.9 Å². The van der Waals surface area contributed by atoms with Gasteiger partial charge in [0.05, 0.1) is 0 Å². The third kappa shape index (κ3) is 1.48. The molecule has 40 valence electrons. The second kappa shape index (κ2) is 2.20. The van der Waals surface area contributed by atoms with Gasteiger partial charge in [-0.05, 0) is 0 Å². The van der Waals surface area contributed by atoms with Crippen LogP contribution in [0.15, 0.2) is 9.70 Å². The number of allylic oxidation sites excluding steroid dienone is 2. The van der Waals surface area contributed by atoms with Gasteiger partial charge in [-0.25, -0.2) is 0 Å². The second-order valence-corrected chi connectivity index (χ2v) is 3.81. The Morgan fingerprint density at radius 3 is 2.71 bits per heavy atom. The van der Waals surface area contributed by atoms with Crippen molar-refractivity contribution < 1.29 is 0 Å². The van der Waals surface area contributed by atoms with Gasteiger partial charge in [-0.15, -0.1) is 0 Å². The van der Waals surface area contributed by atoms with E-state index in [1.54, 1.807) is 3.62 Å². The molecule has 0 nitrogen and oxygen atoms in total. The van der Waals surface area contributed by atoms with E-state index in [1.165, 1.54) is 12.8 Å². The van der Waals surface area contributed by atoms with Crippen LogP contribution in [0.2, 0.25) is 0 Å². The van der Waals surface area contributed by atoms with Crippen molar-refractivity contribution in [3.8, 4) is 0 Å². The maximum absolute atomic E-state index is 2.38. The summed E-state index contributed by atoms with van der Waals surface area (Å²) in [6.45, 7) is 2.28. The van der Waals surface area contributed by atoms with E-state index in [0.29, 0.717) is 0 Å². The van der Waals surface area contributed by atoms with Crippen LogP contribution in [0.3, 0.4) is 0 Å². The van der Waals surface area contributed by atoms with Gasteiger partial charge in [0.2, 0.25) is 0 Å². The van der Waals surface area contributed by atoms with Gasteiger partial charge in [0.15, 0.2) is 0 Å².